The highest BCUT2D eigenvalue weighted by Crippen LogP contribution is 2.21. The zero-order chi connectivity index (χ0) is 13.4. The van der Waals surface area contributed by atoms with Crippen molar-refractivity contribution in [3.8, 4) is 5.75 Å². The molecule has 0 aliphatic carbocycles. The minimum atomic E-state index is -0.0946. The fourth-order valence-corrected chi connectivity index (χ4v) is 2.19. The zero-order valence-electron chi connectivity index (χ0n) is 11.4. The molecule has 0 heterocycles. The van der Waals surface area contributed by atoms with E-state index in [2.05, 4.69) is 6.92 Å². The Morgan fingerprint density at radius 2 is 1.94 bits per heavy atom. The monoisotopic (exact) mass is 266 g/mol. The van der Waals surface area contributed by atoms with E-state index in [1.807, 2.05) is 37.4 Å². The van der Waals surface area contributed by atoms with Gasteiger partial charge in [-0.15, -0.1) is 11.8 Å². The fourth-order valence-electron chi connectivity index (χ4n) is 1.78. The van der Waals surface area contributed by atoms with E-state index in [1.165, 1.54) is 4.90 Å². The molecule has 0 fully saturated rings. The Morgan fingerprint density at radius 3 is 2.44 bits per heavy atom. The lowest BCUT2D eigenvalue weighted by atomic mass is 10.00. The van der Waals surface area contributed by atoms with E-state index < -0.39 is 0 Å². The molecule has 0 saturated heterocycles. The molecule has 0 aliphatic rings. The molecule has 2 nitrogen and oxygen atoms in total. The summed E-state index contributed by atoms with van der Waals surface area (Å²) in [7, 11) is 0. The molecule has 1 aromatic carbocycles. The summed E-state index contributed by atoms with van der Waals surface area (Å²) < 4.78 is 5.42. The molecular formula is C15H22O2S. The van der Waals surface area contributed by atoms with Gasteiger partial charge in [0.05, 0.1) is 5.92 Å². The molecular weight excluding hydrogens is 244 g/mol. The summed E-state index contributed by atoms with van der Waals surface area (Å²) >= 11 is 1.68. The number of carbonyl (C=O) groups is 1. The van der Waals surface area contributed by atoms with Crippen molar-refractivity contribution in [2.75, 3.05) is 6.26 Å². The van der Waals surface area contributed by atoms with Gasteiger partial charge in [0.2, 0.25) is 0 Å². The maximum absolute atomic E-state index is 12.0. The maximum atomic E-state index is 12.0. The number of ether oxygens (including phenoxy) is 1. The molecule has 1 rings (SSSR count). The second-order valence-electron chi connectivity index (χ2n) is 4.34. The van der Waals surface area contributed by atoms with Gasteiger partial charge in [0.25, 0.3) is 0 Å². The van der Waals surface area contributed by atoms with Gasteiger partial charge in [0.15, 0.2) is 0 Å². The first-order chi connectivity index (χ1) is 8.71. The first-order valence-electron chi connectivity index (χ1n) is 6.57. The largest absolute Gasteiger partial charge is 0.426 e. The predicted octanol–water partition coefficient (Wildman–Crippen LogP) is 4.53. The molecule has 0 bridgehead atoms. The first kappa shape index (κ1) is 15.1. The lowest BCUT2D eigenvalue weighted by Crippen LogP contribution is -2.19. The number of unbranched alkanes of at least 4 members (excludes halogenated alkanes) is 1. The maximum Gasteiger partial charge on any atom is 0.314 e. The molecule has 0 spiro atoms. The molecule has 100 valence electrons. The highest BCUT2D eigenvalue weighted by Gasteiger charge is 2.17. The summed E-state index contributed by atoms with van der Waals surface area (Å²) in [6.07, 6.45) is 6.00. The summed E-state index contributed by atoms with van der Waals surface area (Å²) in [5, 5.41) is 0. The summed E-state index contributed by atoms with van der Waals surface area (Å²) in [5.41, 5.74) is 0. The number of esters is 1. The van der Waals surface area contributed by atoms with Gasteiger partial charge in [-0.3, -0.25) is 4.79 Å². The second-order valence-corrected chi connectivity index (χ2v) is 5.22. The lowest BCUT2D eigenvalue weighted by Gasteiger charge is -2.13. The summed E-state index contributed by atoms with van der Waals surface area (Å²) in [5.74, 6) is 0.584. The Hall–Kier alpha value is -0.960. The predicted molar refractivity (Wildman–Crippen MR) is 77.2 cm³/mol. The van der Waals surface area contributed by atoms with E-state index in [1.54, 1.807) is 11.8 Å². The molecule has 1 unspecified atom stereocenters. The van der Waals surface area contributed by atoms with Crippen molar-refractivity contribution in [1.82, 2.24) is 0 Å². The molecule has 3 heteroatoms. The molecule has 0 saturated carbocycles. The van der Waals surface area contributed by atoms with Crippen molar-refractivity contribution in [2.45, 2.75) is 44.4 Å². The first-order valence-corrected chi connectivity index (χ1v) is 7.79. The number of thioether (sulfide) groups is 1. The van der Waals surface area contributed by atoms with Gasteiger partial charge in [-0.2, -0.15) is 0 Å². The third-order valence-electron chi connectivity index (χ3n) is 3.01. The standard InChI is InChI=1S/C15H22O2S/c1-4-6-7-12(5-2)15(16)17-13-8-10-14(18-3)11-9-13/h8-12H,4-7H2,1-3H3. The van der Waals surface area contributed by atoms with Crippen LogP contribution in [0.1, 0.15) is 39.5 Å². The molecule has 18 heavy (non-hydrogen) atoms. The van der Waals surface area contributed by atoms with Gasteiger partial charge in [-0.05, 0) is 43.4 Å². The minimum absolute atomic E-state index is 0.0326. The van der Waals surface area contributed by atoms with Crippen molar-refractivity contribution >= 4 is 17.7 Å². The van der Waals surface area contributed by atoms with E-state index in [4.69, 9.17) is 4.74 Å². The Kier molecular flexibility index (Phi) is 6.88. The number of rotatable bonds is 7. The van der Waals surface area contributed by atoms with Crippen molar-refractivity contribution in [1.29, 1.82) is 0 Å². The normalized spacial score (nSPS) is 12.2. The van der Waals surface area contributed by atoms with Crippen LogP contribution >= 0.6 is 11.8 Å². The van der Waals surface area contributed by atoms with Crippen molar-refractivity contribution in [2.24, 2.45) is 5.92 Å². The van der Waals surface area contributed by atoms with Crippen LogP contribution < -0.4 is 4.74 Å². The Morgan fingerprint density at radius 1 is 1.28 bits per heavy atom. The van der Waals surface area contributed by atoms with Crippen LogP contribution in [0.15, 0.2) is 29.2 Å². The van der Waals surface area contributed by atoms with E-state index >= 15 is 0 Å². The molecule has 0 radical (unpaired) electrons. The molecule has 1 aromatic rings. The molecule has 0 N–H and O–H groups in total. The van der Waals surface area contributed by atoms with Gasteiger partial charge < -0.3 is 4.74 Å². The van der Waals surface area contributed by atoms with E-state index in [-0.39, 0.29) is 11.9 Å². The zero-order valence-corrected chi connectivity index (χ0v) is 12.3. The minimum Gasteiger partial charge on any atom is -0.426 e. The number of hydrogen-bond acceptors (Lipinski definition) is 3. The average molecular weight is 266 g/mol. The van der Waals surface area contributed by atoms with Gasteiger partial charge >= 0.3 is 5.97 Å². The average Bonchev–Trinajstić information content (AvgIpc) is 2.40. The highest BCUT2D eigenvalue weighted by molar-refractivity contribution is 7.98. The second kappa shape index (κ2) is 8.20. The smallest absolute Gasteiger partial charge is 0.314 e. The van der Waals surface area contributed by atoms with Gasteiger partial charge in [0.1, 0.15) is 5.75 Å². The van der Waals surface area contributed by atoms with E-state index in [0.717, 1.165) is 25.7 Å². The van der Waals surface area contributed by atoms with E-state index in [0.29, 0.717) is 5.75 Å². The quantitative estimate of drug-likeness (QED) is 0.412. The Balaban J connectivity index is 2.55. The SMILES string of the molecule is CCCCC(CC)C(=O)Oc1ccc(SC)cc1. The number of benzene rings is 1. The van der Waals surface area contributed by atoms with Crippen LogP contribution in [0.5, 0.6) is 5.75 Å². The third kappa shape index (κ3) is 4.73. The van der Waals surface area contributed by atoms with Gasteiger partial charge in [0, 0.05) is 4.90 Å². The van der Waals surface area contributed by atoms with Crippen LogP contribution in [0.25, 0.3) is 0 Å². The number of hydrogen-bond donors (Lipinski definition) is 0. The molecule has 0 aliphatic heterocycles. The van der Waals surface area contributed by atoms with Crippen molar-refractivity contribution < 1.29 is 9.53 Å². The summed E-state index contributed by atoms with van der Waals surface area (Å²) in [6, 6.07) is 7.66. The summed E-state index contributed by atoms with van der Waals surface area (Å²) in [4.78, 5) is 13.2. The Labute approximate surface area is 114 Å². The fraction of sp³-hybridized carbons (Fsp3) is 0.533. The Bertz CT molecular complexity index is 359. The van der Waals surface area contributed by atoms with Crippen LogP contribution in [0.4, 0.5) is 0 Å². The third-order valence-corrected chi connectivity index (χ3v) is 3.75. The molecule has 1 atom stereocenters. The van der Waals surface area contributed by atoms with Gasteiger partial charge in [-0.25, -0.2) is 0 Å². The van der Waals surface area contributed by atoms with Crippen LogP contribution in [0.3, 0.4) is 0 Å². The van der Waals surface area contributed by atoms with Gasteiger partial charge in [-0.1, -0.05) is 26.7 Å². The summed E-state index contributed by atoms with van der Waals surface area (Å²) in [6.45, 7) is 4.18. The topological polar surface area (TPSA) is 26.3 Å². The highest BCUT2D eigenvalue weighted by atomic mass is 32.2. The van der Waals surface area contributed by atoms with E-state index in [9.17, 15) is 4.79 Å². The number of carbonyl (C=O) groups excluding carboxylic acids is 1. The molecule has 0 aromatic heterocycles. The van der Waals surface area contributed by atoms with Crippen LogP contribution in [0, 0.1) is 5.92 Å². The lowest BCUT2D eigenvalue weighted by molar-refractivity contribution is -0.139. The van der Waals surface area contributed by atoms with Crippen molar-refractivity contribution in [3.05, 3.63) is 24.3 Å². The van der Waals surface area contributed by atoms with Crippen LogP contribution in [-0.2, 0) is 4.79 Å². The molecule has 0 amide bonds. The van der Waals surface area contributed by atoms with Crippen molar-refractivity contribution in [3.63, 3.8) is 0 Å². The van der Waals surface area contributed by atoms with Crippen LogP contribution in [0.2, 0.25) is 0 Å². The van der Waals surface area contributed by atoms with Crippen LogP contribution in [-0.4, -0.2) is 12.2 Å².